The number of ether oxygens (including phenoxy) is 2. The molecule has 2 aromatic carbocycles. The fourth-order valence-corrected chi connectivity index (χ4v) is 3.76. The number of likely N-dealkylation sites (N-methyl/N-ethyl adjacent to an activating group) is 1. The molecule has 0 saturated heterocycles. The van der Waals surface area contributed by atoms with Crippen molar-refractivity contribution in [2.75, 3.05) is 32.6 Å². The van der Waals surface area contributed by atoms with Gasteiger partial charge in [0.2, 0.25) is 5.91 Å². The maximum absolute atomic E-state index is 12.9. The normalized spacial score (nSPS) is 10.7. The minimum Gasteiger partial charge on any atom is -0.452 e. The number of rotatable bonds is 8. The van der Waals surface area contributed by atoms with Crippen molar-refractivity contribution < 1.29 is 23.9 Å². The first-order valence-corrected chi connectivity index (χ1v) is 10.9. The van der Waals surface area contributed by atoms with Gasteiger partial charge in [-0.2, -0.15) is 0 Å². The molecule has 3 rings (SSSR count). The minimum atomic E-state index is -0.662. The van der Waals surface area contributed by atoms with Crippen molar-refractivity contribution in [3.63, 3.8) is 0 Å². The highest BCUT2D eigenvalue weighted by atomic mass is 16.5. The maximum Gasteiger partial charge on any atom is 0.340 e. The van der Waals surface area contributed by atoms with Crippen LogP contribution in [-0.2, 0) is 25.7 Å². The van der Waals surface area contributed by atoms with E-state index in [1.807, 2.05) is 63.2 Å². The Morgan fingerprint density at radius 3 is 2.35 bits per heavy atom. The van der Waals surface area contributed by atoms with Crippen LogP contribution in [0.25, 0.3) is 10.9 Å². The van der Waals surface area contributed by atoms with Gasteiger partial charge < -0.3 is 19.7 Å². The number of hydrogen-bond acceptors (Lipinski definition) is 6. The predicted octanol–water partition coefficient (Wildman–Crippen LogP) is 3.56. The number of hydrogen-bond donors (Lipinski definition) is 1. The Morgan fingerprint density at radius 2 is 1.68 bits per heavy atom. The summed E-state index contributed by atoms with van der Waals surface area (Å²) in [5.41, 5.74) is 4.77. The summed E-state index contributed by atoms with van der Waals surface area (Å²) in [6.07, 6.45) is 0. The number of nitrogens with zero attached hydrogens (tertiary/aromatic N) is 2. The lowest BCUT2D eigenvalue weighted by molar-refractivity contribution is -0.136. The highest BCUT2D eigenvalue weighted by Gasteiger charge is 2.22. The fraction of sp³-hybridized carbons (Fsp3) is 0.308. The molecule has 0 spiro atoms. The van der Waals surface area contributed by atoms with Gasteiger partial charge in [0.25, 0.3) is 5.91 Å². The van der Waals surface area contributed by atoms with Crippen molar-refractivity contribution in [2.24, 2.45) is 0 Å². The lowest BCUT2D eigenvalue weighted by atomic mass is 10.0. The van der Waals surface area contributed by atoms with Crippen LogP contribution in [0.15, 0.2) is 42.5 Å². The van der Waals surface area contributed by atoms with Gasteiger partial charge in [0.1, 0.15) is 0 Å². The van der Waals surface area contributed by atoms with E-state index in [2.05, 4.69) is 10.3 Å². The lowest BCUT2D eigenvalue weighted by Crippen LogP contribution is -2.37. The summed E-state index contributed by atoms with van der Waals surface area (Å²) in [5.74, 6) is -1.49. The number of aryl methyl sites for hydroxylation is 3. The maximum atomic E-state index is 12.9. The molecule has 0 aliphatic heterocycles. The summed E-state index contributed by atoms with van der Waals surface area (Å²) in [5, 5.41) is 3.66. The summed E-state index contributed by atoms with van der Waals surface area (Å²) in [6, 6.07) is 13.2. The molecular formula is C26H29N3O5. The summed E-state index contributed by atoms with van der Waals surface area (Å²) in [6.45, 7) is 5.07. The second-order valence-corrected chi connectivity index (χ2v) is 8.15. The molecule has 1 aromatic heterocycles. The minimum absolute atomic E-state index is 0.127. The lowest BCUT2D eigenvalue weighted by Gasteiger charge is -2.19. The van der Waals surface area contributed by atoms with Gasteiger partial charge in [-0.15, -0.1) is 0 Å². The van der Waals surface area contributed by atoms with Crippen LogP contribution in [0.2, 0.25) is 0 Å². The van der Waals surface area contributed by atoms with Gasteiger partial charge in [0.05, 0.1) is 29.9 Å². The van der Waals surface area contributed by atoms with Crippen molar-refractivity contribution >= 4 is 34.4 Å². The van der Waals surface area contributed by atoms with Crippen LogP contribution >= 0.6 is 0 Å². The van der Waals surface area contributed by atoms with E-state index in [0.29, 0.717) is 11.3 Å². The van der Waals surface area contributed by atoms with Gasteiger partial charge in [-0.05, 0) is 43.5 Å². The molecular weight excluding hydrogens is 434 g/mol. The number of fused-ring (bicyclic) bond motifs is 1. The molecule has 34 heavy (non-hydrogen) atoms. The third kappa shape index (κ3) is 5.58. The number of methoxy groups -OCH3 is 1. The van der Waals surface area contributed by atoms with E-state index in [0.717, 1.165) is 27.7 Å². The molecule has 0 bridgehead atoms. The van der Waals surface area contributed by atoms with Crippen molar-refractivity contribution in [1.82, 2.24) is 9.88 Å². The summed E-state index contributed by atoms with van der Waals surface area (Å²) < 4.78 is 10.5. The molecule has 8 heteroatoms. The summed E-state index contributed by atoms with van der Waals surface area (Å²) >= 11 is 0. The number of pyridine rings is 1. The molecule has 0 radical (unpaired) electrons. The zero-order valence-corrected chi connectivity index (χ0v) is 20.1. The first-order valence-electron chi connectivity index (χ1n) is 10.9. The number of carbonyl (C=O) groups excluding carboxylic acids is 3. The highest BCUT2D eigenvalue weighted by molar-refractivity contribution is 5.99. The van der Waals surface area contributed by atoms with Gasteiger partial charge in [-0.3, -0.25) is 9.59 Å². The number of nitrogens with one attached hydrogen (secondary N) is 1. The van der Waals surface area contributed by atoms with Gasteiger partial charge in [0.15, 0.2) is 6.61 Å². The number of amides is 2. The Hall–Kier alpha value is -3.78. The molecule has 0 unspecified atom stereocenters. The van der Waals surface area contributed by atoms with Crippen molar-refractivity contribution in [3.8, 4) is 0 Å². The third-order valence-corrected chi connectivity index (χ3v) is 5.59. The molecule has 0 aliphatic carbocycles. The summed E-state index contributed by atoms with van der Waals surface area (Å²) in [4.78, 5) is 43.6. The smallest absolute Gasteiger partial charge is 0.340 e. The SMILES string of the molecule is COCc1nc2ccccc2c(C)c1C(=O)OCC(=O)N(C)CC(=O)Nc1c(C)cccc1C. The van der Waals surface area contributed by atoms with Crippen molar-refractivity contribution in [1.29, 1.82) is 0 Å². The number of anilines is 1. The van der Waals surface area contributed by atoms with Crippen molar-refractivity contribution in [3.05, 3.63) is 70.4 Å². The van der Waals surface area contributed by atoms with Gasteiger partial charge in [0, 0.05) is 25.2 Å². The monoisotopic (exact) mass is 463 g/mol. The second-order valence-electron chi connectivity index (χ2n) is 8.15. The first-order chi connectivity index (χ1) is 16.2. The van der Waals surface area contributed by atoms with E-state index in [1.54, 1.807) is 0 Å². The standard InChI is InChI=1S/C26H29N3O5/c1-16-9-8-10-17(2)25(16)28-22(30)13-29(4)23(31)15-34-26(32)24-18(3)19-11-6-7-12-20(19)27-21(24)14-33-5/h6-12H,13-15H2,1-5H3,(H,28,30). The number of para-hydroxylation sites is 2. The van der Waals surface area contributed by atoms with Crippen LogP contribution in [0.3, 0.4) is 0 Å². The largest absolute Gasteiger partial charge is 0.452 e. The average Bonchev–Trinajstić information content (AvgIpc) is 2.80. The molecule has 3 aromatic rings. The van der Waals surface area contributed by atoms with Crippen LogP contribution in [0.4, 0.5) is 5.69 Å². The van der Waals surface area contributed by atoms with E-state index in [1.165, 1.54) is 19.1 Å². The predicted molar refractivity (Wildman–Crippen MR) is 130 cm³/mol. The van der Waals surface area contributed by atoms with Crippen molar-refractivity contribution in [2.45, 2.75) is 27.4 Å². The average molecular weight is 464 g/mol. The van der Waals surface area contributed by atoms with Crippen LogP contribution in [-0.4, -0.2) is 55.0 Å². The van der Waals surface area contributed by atoms with E-state index >= 15 is 0 Å². The Kier molecular flexibility index (Phi) is 7.96. The zero-order valence-electron chi connectivity index (χ0n) is 20.1. The first kappa shape index (κ1) is 24.9. The Bertz CT molecular complexity index is 1220. The molecule has 8 nitrogen and oxygen atoms in total. The topological polar surface area (TPSA) is 97.8 Å². The Balaban J connectivity index is 1.66. The second kappa shape index (κ2) is 10.9. The quantitative estimate of drug-likeness (QED) is 0.513. The molecule has 1 heterocycles. The molecule has 0 aliphatic rings. The Morgan fingerprint density at radius 1 is 1.00 bits per heavy atom. The van der Waals surface area contributed by atoms with Crippen LogP contribution in [0, 0.1) is 20.8 Å². The van der Waals surface area contributed by atoms with Crippen LogP contribution < -0.4 is 5.32 Å². The van der Waals surface area contributed by atoms with Gasteiger partial charge in [-0.25, -0.2) is 9.78 Å². The molecule has 0 atom stereocenters. The van der Waals surface area contributed by atoms with Gasteiger partial charge in [-0.1, -0.05) is 36.4 Å². The molecule has 0 fully saturated rings. The van der Waals surface area contributed by atoms with Crippen LogP contribution in [0.5, 0.6) is 0 Å². The number of carbonyl (C=O) groups is 3. The fourth-order valence-electron chi connectivity index (χ4n) is 3.76. The van der Waals surface area contributed by atoms with E-state index in [4.69, 9.17) is 9.47 Å². The van der Waals surface area contributed by atoms with E-state index in [-0.39, 0.29) is 24.6 Å². The summed E-state index contributed by atoms with van der Waals surface area (Å²) in [7, 11) is 3.00. The molecule has 178 valence electrons. The number of esters is 1. The van der Waals surface area contributed by atoms with E-state index < -0.39 is 18.5 Å². The number of aromatic nitrogens is 1. The molecule has 0 saturated carbocycles. The third-order valence-electron chi connectivity index (χ3n) is 5.59. The zero-order chi connectivity index (χ0) is 24.8. The Labute approximate surface area is 198 Å². The molecule has 1 N–H and O–H groups in total. The van der Waals surface area contributed by atoms with Crippen LogP contribution in [0.1, 0.15) is 32.7 Å². The highest BCUT2D eigenvalue weighted by Crippen LogP contribution is 2.24. The van der Waals surface area contributed by atoms with Gasteiger partial charge >= 0.3 is 5.97 Å². The van der Waals surface area contributed by atoms with E-state index in [9.17, 15) is 14.4 Å². The number of benzene rings is 2. The molecule has 2 amide bonds.